The number of hydrogen-bond donors (Lipinski definition) is 2. The lowest BCUT2D eigenvalue weighted by Crippen LogP contribution is -2.38. The van der Waals surface area contributed by atoms with Crippen molar-refractivity contribution in [2.45, 2.75) is 58.4 Å². The zero-order valence-electron chi connectivity index (χ0n) is 15.4. The van der Waals surface area contributed by atoms with Crippen LogP contribution in [0.5, 0.6) is 0 Å². The number of unbranched alkanes of at least 4 members (excludes halogenated alkanes) is 1. The van der Waals surface area contributed by atoms with Gasteiger partial charge in [0.15, 0.2) is 5.96 Å². The van der Waals surface area contributed by atoms with Crippen molar-refractivity contribution in [2.75, 3.05) is 32.7 Å². The van der Waals surface area contributed by atoms with Gasteiger partial charge in [0.05, 0.1) is 6.26 Å². The van der Waals surface area contributed by atoms with Crippen molar-refractivity contribution in [1.82, 2.24) is 15.5 Å². The van der Waals surface area contributed by atoms with E-state index in [1.54, 1.807) is 6.26 Å². The van der Waals surface area contributed by atoms with Crippen LogP contribution in [0, 0.1) is 0 Å². The molecule has 5 heteroatoms. The molecular weight excluding hydrogens is 300 g/mol. The summed E-state index contributed by atoms with van der Waals surface area (Å²) >= 11 is 0. The number of rotatable bonds is 9. The van der Waals surface area contributed by atoms with Crippen molar-refractivity contribution >= 4 is 5.96 Å². The Morgan fingerprint density at radius 2 is 2.25 bits per heavy atom. The molecule has 0 aliphatic carbocycles. The van der Waals surface area contributed by atoms with Gasteiger partial charge < -0.3 is 20.0 Å². The van der Waals surface area contributed by atoms with E-state index in [9.17, 15) is 0 Å². The van der Waals surface area contributed by atoms with E-state index in [2.05, 4.69) is 34.4 Å². The lowest BCUT2D eigenvalue weighted by atomic mass is 10.0. The van der Waals surface area contributed by atoms with Crippen molar-refractivity contribution in [3.63, 3.8) is 0 Å². The molecule has 0 amide bonds. The van der Waals surface area contributed by atoms with Crippen LogP contribution in [0.4, 0.5) is 0 Å². The van der Waals surface area contributed by atoms with Crippen LogP contribution in [0.15, 0.2) is 27.8 Å². The summed E-state index contributed by atoms with van der Waals surface area (Å²) in [6.45, 7) is 9.58. The van der Waals surface area contributed by atoms with Crippen molar-refractivity contribution in [2.24, 2.45) is 4.99 Å². The molecule has 1 aliphatic rings. The average Bonchev–Trinajstić information content (AvgIpc) is 3.09. The van der Waals surface area contributed by atoms with Gasteiger partial charge in [-0.05, 0) is 64.8 Å². The molecule has 2 heterocycles. The maximum atomic E-state index is 5.35. The zero-order chi connectivity index (χ0) is 17.0. The molecule has 2 rings (SSSR count). The Hall–Kier alpha value is -1.49. The highest BCUT2D eigenvalue weighted by Crippen LogP contribution is 2.16. The van der Waals surface area contributed by atoms with Crippen LogP contribution in [-0.2, 0) is 6.42 Å². The number of piperidine rings is 1. The third-order valence-corrected chi connectivity index (χ3v) is 4.65. The van der Waals surface area contributed by atoms with E-state index in [-0.39, 0.29) is 0 Å². The summed E-state index contributed by atoms with van der Waals surface area (Å²) in [5, 5.41) is 6.68. The number of likely N-dealkylation sites (tertiary alicyclic amines) is 1. The summed E-state index contributed by atoms with van der Waals surface area (Å²) in [5.41, 5.74) is 0. The summed E-state index contributed by atoms with van der Waals surface area (Å²) in [6, 6.07) is 4.70. The van der Waals surface area contributed by atoms with Gasteiger partial charge in [-0.2, -0.15) is 0 Å². The molecule has 2 N–H and O–H groups in total. The quantitative estimate of drug-likeness (QED) is 0.414. The molecule has 0 spiro atoms. The molecular formula is C19H34N4O. The third kappa shape index (κ3) is 6.95. The Bertz CT molecular complexity index is 458. The molecule has 24 heavy (non-hydrogen) atoms. The number of nitrogens with zero attached hydrogens (tertiary/aromatic N) is 2. The Morgan fingerprint density at radius 1 is 1.33 bits per heavy atom. The summed E-state index contributed by atoms with van der Waals surface area (Å²) < 4.78 is 5.35. The van der Waals surface area contributed by atoms with E-state index in [4.69, 9.17) is 4.42 Å². The Kier molecular flexibility index (Phi) is 8.74. The third-order valence-electron chi connectivity index (χ3n) is 4.65. The lowest BCUT2D eigenvalue weighted by Gasteiger charge is -2.33. The first-order chi connectivity index (χ1) is 11.8. The topological polar surface area (TPSA) is 52.8 Å². The van der Waals surface area contributed by atoms with Crippen LogP contribution in [0.25, 0.3) is 0 Å². The second-order valence-corrected chi connectivity index (χ2v) is 6.60. The van der Waals surface area contributed by atoms with E-state index in [0.717, 1.165) is 50.2 Å². The number of aliphatic imine (C=N–C) groups is 1. The molecule has 0 radical (unpaired) electrons. The number of nitrogens with one attached hydrogen (secondary N) is 2. The number of guanidine groups is 1. The first kappa shape index (κ1) is 18.8. The molecule has 1 saturated heterocycles. The molecule has 1 fully saturated rings. The van der Waals surface area contributed by atoms with Gasteiger partial charge in [0.1, 0.15) is 5.76 Å². The normalized spacial score (nSPS) is 19.4. The fourth-order valence-corrected chi connectivity index (χ4v) is 3.21. The SMILES string of the molecule is CCNC(=NCCCCN1CCCCC1C)NCCc1ccco1. The van der Waals surface area contributed by atoms with Crippen LogP contribution in [-0.4, -0.2) is 49.6 Å². The van der Waals surface area contributed by atoms with Crippen LogP contribution < -0.4 is 10.6 Å². The lowest BCUT2D eigenvalue weighted by molar-refractivity contribution is 0.158. The molecule has 1 unspecified atom stereocenters. The van der Waals surface area contributed by atoms with Gasteiger partial charge >= 0.3 is 0 Å². The van der Waals surface area contributed by atoms with Gasteiger partial charge in [0.25, 0.3) is 0 Å². The minimum atomic E-state index is 0.767. The van der Waals surface area contributed by atoms with Gasteiger partial charge in [-0.15, -0.1) is 0 Å². The number of hydrogen-bond acceptors (Lipinski definition) is 3. The number of furan rings is 1. The average molecular weight is 335 g/mol. The van der Waals surface area contributed by atoms with E-state index in [0.29, 0.717) is 0 Å². The predicted octanol–water partition coefficient (Wildman–Crippen LogP) is 3.03. The van der Waals surface area contributed by atoms with Crippen LogP contribution in [0.3, 0.4) is 0 Å². The molecule has 1 atom stereocenters. The predicted molar refractivity (Wildman–Crippen MR) is 101 cm³/mol. The highest BCUT2D eigenvalue weighted by atomic mass is 16.3. The van der Waals surface area contributed by atoms with Crippen molar-refractivity contribution in [3.8, 4) is 0 Å². The molecule has 0 saturated carbocycles. The van der Waals surface area contributed by atoms with Gasteiger partial charge in [-0.1, -0.05) is 6.42 Å². The fraction of sp³-hybridized carbons (Fsp3) is 0.737. The van der Waals surface area contributed by atoms with Crippen molar-refractivity contribution in [3.05, 3.63) is 24.2 Å². The fourth-order valence-electron chi connectivity index (χ4n) is 3.21. The molecule has 1 aliphatic heterocycles. The van der Waals surface area contributed by atoms with Gasteiger partial charge in [-0.25, -0.2) is 0 Å². The highest BCUT2D eigenvalue weighted by Gasteiger charge is 2.16. The van der Waals surface area contributed by atoms with E-state index in [1.165, 1.54) is 38.8 Å². The van der Waals surface area contributed by atoms with E-state index < -0.39 is 0 Å². The molecule has 0 bridgehead atoms. The maximum absolute atomic E-state index is 5.35. The van der Waals surface area contributed by atoms with Crippen LogP contribution in [0.2, 0.25) is 0 Å². The van der Waals surface area contributed by atoms with Crippen molar-refractivity contribution in [1.29, 1.82) is 0 Å². The molecule has 136 valence electrons. The zero-order valence-corrected chi connectivity index (χ0v) is 15.4. The summed E-state index contributed by atoms with van der Waals surface area (Å²) in [5.74, 6) is 1.92. The monoisotopic (exact) mass is 334 g/mol. The molecule has 1 aromatic heterocycles. The Morgan fingerprint density at radius 3 is 3.00 bits per heavy atom. The second kappa shape index (κ2) is 11.1. The Labute approximate surface area is 146 Å². The maximum Gasteiger partial charge on any atom is 0.191 e. The van der Waals surface area contributed by atoms with Crippen LogP contribution >= 0.6 is 0 Å². The first-order valence-corrected chi connectivity index (χ1v) is 9.58. The highest BCUT2D eigenvalue weighted by molar-refractivity contribution is 5.79. The molecule has 0 aromatic carbocycles. The Balaban J connectivity index is 1.61. The van der Waals surface area contributed by atoms with Gasteiger partial charge in [-0.3, -0.25) is 4.99 Å². The largest absolute Gasteiger partial charge is 0.469 e. The van der Waals surface area contributed by atoms with Gasteiger partial charge in [0.2, 0.25) is 0 Å². The van der Waals surface area contributed by atoms with E-state index >= 15 is 0 Å². The van der Waals surface area contributed by atoms with Crippen molar-refractivity contribution < 1.29 is 4.42 Å². The second-order valence-electron chi connectivity index (χ2n) is 6.60. The molecule has 1 aromatic rings. The minimum absolute atomic E-state index is 0.767. The standard InChI is InChI=1S/C19H34N4O/c1-3-20-19(22-13-11-18-10-8-16-24-18)21-12-5-7-15-23-14-6-4-9-17(23)2/h8,10,16-17H,3-7,9,11-15H2,1-2H3,(H2,20,21,22). The summed E-state index contributed by atoms with van der Waals surface area (Å²) in [6.07, 6.45) is 9.12. The van der Waals surface area contributed by atoms with Crippen LogP contribution in [0.1, 0.15) is 51.7 Å². The summed E-state index contributed by atoms with van der Waals surface area (Å²) in [7, 11) is 0. The molecule has 5 nitrogen and oxygen atoms in total. The van der Waals surface area contributed by atoms with E-state index in [1.807, 2.05) is 12.1 Å². The minimum Gasteiger partial charge on any atom is -0.469 e. The smallest absolute Gasteiger partial charge is 0.191 e. The van der Waals surface area contributed by atoms with Gasteiger partial charge in [0, 0.05) is 32.1 Å². The first-order valence-electron chi connectivity index (χ1n) is 9.58. The summed E-state index contributed by atoms with van der Waals surface area (Å²) in [4.78, 5) is 7.32.